The van der Waals surface area contributed by atoms with Crippen molar-refractivity contribution in [1.82, 2.24) is 10.3 Å². The van der Waals surface area contributed by atoms with Crippen LogP contribution in [0, 0.1) is 5.82 Å². The smallest absolute Gasteiger partial charge is 0.226 e. The maximum absolute atomic E-state index is 12.9. The number of hydrogen-bond donors (Lipinski definition) is 1. The van der Waals surface area contributed by atoms with Crippen molar-refractivity contribution in [1.29, 1.82) is 0 Å². The number of nitrogens with zero attached hydrogens (tertiary/aromatic N) is 1. The summed E-state index contributed by atoms with van der Waals surface area (Å²) >= 11 is 1.46. The molecule has 2 atom stereocenters. The van der Waals surface area contributed by atoms with Gasteiger partial charge in [0, 0.05) is 17.6 Å². The van der Waals surface area contributed by atoms with Crippen LogP contribution in [-0.4, -0.2) is 29.6 Å². The zero-order chi connectivity index (χ0) is 16.2. The molecule has 0 radical (unpaired) electrons. The Balaban J connectivity index is 1.57. The first-order chi connectivity index (χ1) is 11.1. The standard InChI is InChI=1S/C17H19FN2O2S/c1-11(15-3-2-8-22-15)19-16(21)9-14-10-23-17(20-14)12-4-6-13(18)7-5-12/h4-7,10-11,15H,2-3,8-9H2,1H3,(H,19,21)/t11-,15-/m1/s1. The number of thiazole rings is 1. The fraction of sp³-hybridized carbons (Fsp3) is 0.412. The lowest BCUT2D eigenvalue weighted by molar-refractivity contribution is -0.121. The predicted molar refractivity (Wildman–Crippen MR) is 87.8 cm³/mol. The molecule has 23 heavy (non-hydrogen) atoms. The number of halogens is 1. The van der Waals surface area contributed by atoms with Crippen molar-refractivity contribution in [3.63, 3.8) is 0 Å². The number of amides is 1. The molecule has 0 spiro atoms. The number of hydrogen-bond acceptors (Lipinski definition) is 4. The Morgan fingerprint density at radius 3 is 2.96 bits per heavy atom. The van der Waals surface area contributed by atoms with Crippen molar-refractivity contribution >= 4 is 17.2 Å². The lowest BCUT2D eigenvalue weighted by Crippen LogP contribution is -2.41. The molecule has 0 bridgehead atoms. The van der Waals surface area contributed by atoms with Gasteiger partial charge < -0.3 is 10.1 Å². The second-order valence-electron chi connectivity index (χ2n) is 5.74. The summed E-state index contributed by atoms with van der Waals surface area (Å²) in [6.45, 7) is 2.75. The Morgan fingerprint density at radius 2 is 2.26 bits per heavy atom. The predicted octanol–water partition coefficient (Wildman–Crippen LogP) is 3.18. The maximum Gasteiger partial charge on any atom is 0.226 e. The molecule has 3 rings (SSSR count). The van der Waals surface area contributed by atoms with Crippen LogP contribution >= 0.6 is 11.3 Å². The summed E-state index contributed by atoms with van der Waals surface area (Å²) in [6.07, 6.45) is 2.41. The molecule has 2 aromatic rings. The van der Waals surface area contributed by atoms with Crippen molar-refractivity contribution in [3.8, 4) is 10.6 Å². The largest absolute Gasteiger partial charge is 0.376 e. The summed E-state index contributed by atoms with van der Waals surface area (Å²) in [7, 11) is 0. The molecular formula is C17H19FN2O2S. The van der Waals surface area contributed by atoms with Gasteiger partial charge in [0.15, 0.2) is 0 Å². The third-order valence-electron chi connectivity index (χ3n) is 3.90. The van der Waals surface area contributed by atoms with E-state index < -0.39 is 0 Å². The molecule has 0 unspecified atom stereocenters. The Hall–Kier alpha value is -1.79. The lowest BCUT2D eigenvalue weighted by Gasteiger charge is -2.19. The van der Waals surface area contributed by atoms with Gasteiger partial charge in [-0.3, -0.25) is 4.79 Å². The van der Waals surface area contributed by atoms with Crippen LogP contribution in [0.25, 0.3) is 10.6 Å². The van der Waals surface area contributed by atoms with Gasteiger partial charge in [0.05, 0.1) is 24.3 Å². The van der Waals surface area contributed by atoms with Crippen LogP contribution < -0.4 is 5.32 Å². The molecule has 1 N–H and O–H groups in total. The van der Waals surface area contributed by atoms with Crippen molar-refractivity contribution in [2.45, 2.75) is 38.3 Å². The summed E-state index contributed by atoms with van der Waals surface area (Å²) in [6, 6.07) is 6.22. The molecule has 1 saturated heterocycles. The Bertz CT molecular complexity index is 665. The molecule has 4 nitrogen and oxygen atoms in total. The van der Waals surface area contributed by atoms with Gasteiger partial charge in [-0.05, 0) is 44.0 Å². The van der Waals surface area contributed by atoms with Gasteiger partial charge in [-0.25, -0.2) is 9.37 Å². The molecule has 1 aromatic carbocycles. The normalized spacial score (nSPS) is 18.8. The highest BCUT2D eigenvalue weighted by molar-refractivity contribution is 7.13. The number of aromatic nitrogens is 1. The molecule has 6 heteroatoms. The van der Waals surface area contributed by atoms with E-state index in [1.165, 1.54) is 23.5 Å². The minimum absolute atomic E-state index is 0.0141. The number of carbonyl (C=O) groups excluding carboxylic acids is 1. The first-order valence-electron chi connectivity index (χ1n) is 7.73. The third kappa shape index (κ3) is 4.14. The number of carbonyl (C=O) groups is 1. The van der Waals surface area contributed by atoms with Gasteiger partial charge in [-0.1, -0.05) is 0 Å². The van der Waals surface area contributed by atoms with Gasteiger partial charge in [0.2, 0.25) is 5.91 Å². The zero-order valence-corrected chi connectivity index (χ0v) is 13.7. The van der Waals surface area contributed by atoms with Crippen LogP contribution in [0.5, 0.6) is 0 Å². The Morgan fingerprint density at radius 1 is 1.48 bits per heavy atom. The van der Waals surface area contributed by atoms with Crippen molar-refractivity contribution in [2.24, 2.45) is 0 Å². The van der Waals surface area contributed by atoms with Crippen LogP contribution in [0.2, 0.25) is 0 Å². The highest BCUT2D eigenvalue weighted by Crippen LogP contribution is 2.24. The molecule has 1 amide bonds. The number of rotatable bonds is 5. The highest BCUT2D eigenvalue weighted by Gasteiger charge is 2.23. The molecule has 1 aliphatic heterocycles. The second-order valence-corrected chi connectivity index (χ2v) is 6.59. The van der Waals surface area contributed by atoms with Gasteiger partial charge in [-0.15, -0.1) is 11.3 Å². The molecule has 0 aliphatic carbocycles. The van der Waals surface area contributed by atoms with Gasteiger partial charge in [0.25, 0.3) is 0 Å². The van der Waals surface area contributed by atoms with Gasteiger partial charge >= 0.3 is 0 Å². The van der Waals surface area contributed by atoms with Crippen LogP contribution in [0.3, 0.4) is 0 Å². The molecule has 1 fully saturated rings. The lowest BCUT2D eigenvalue weighted by atomic mass is 10.1. The number of ether oxygens (including phenoxy) is 1. The molecular weight excluding hydrogens is 315 g/mol. The fourth-order valence-electron chi connectivity index (χ4n) is 2.67. The summed E-state index contributed by atoms with van der Waals surface area (Å²) < 4.78 is 18.5. The quantitative estimate of drug-likeness (QED) is 0.914. The van der Waals surface area contributed by atoms with Gasteiger partial charge in [-0.2, -0.15) is 0 Å². The topological polar surface area (TPSA) is 51.2 Å². The van der Waals surface area contributed by atoms with E-state index in [0.29, 0.717) is 0 Å². The van der Waals surface area contributed by atoms with E-state index in [0.717, 1.165) is 35.7 Å². The SMILES string of the molecule is C[C@@H](NC(=O)Cc1csc(-c2ccc(F)cc2)n1)[C@H]1CCCO1. The van der Waals surface area contributed by atoms with Crippen LogP contribution in [0.1, 0.15) is 25.5 Å². The van der Waals surface area contributed by atoms with Crippen LogP contribution in [0.15, 0.2) is 29.6 Å². The van der Waals surface area contributed by atoms with E-state index in [2.05, 4.69) is 10.3 Å². The van der Waals surface area contributed by atoms with E-state index in [1.54, 1.807) is 12.1 Å². The third-order valence-corrected chi connectivity index (χ3v) is 4.84. The Labute approximate surface area is 138 Å². The summed E-state index contributed by atoms with van der Waals surface area (Å²) in [5.74, 6) is -0.322. The van der Waals surface area contributed by atoms with E-state index in [9.17, 15) is 9.18 Å². The van der Waals surface area contributed by atoms with E-state index in [1.807, 2.05) is 12.3 Å². The zero-order valence-electron chi connectivity index (χ0n) is 12.9. The fourth-order valence-corrected chi connectivity index (χ4v) is 3.50. The summed E-state index contributed by atoms with van der Waals surface area (Å²) in [4.78, 5) is 16.6. The van der Waals surface area contributed by atoms with Crippen molar-refractivity contribution in [3.05, 3.63) is 41.2 Å². The Kier molecular flexibility index (Phi) is 5.03. The van der Waals surface area contributed by atoms with Crippen molar-refractivity contribution < 1.29 is 13.9 Å². The van der Waals surface area contributed by atoms with Crippen LogP contribution in [0.4, 0.5) is 4.39 Å². The van der Waals surface area contributed by atoms with E-state index in [4.69, 9.17) is 4.74 Å². The minimum atomic E-state index is -0.270. The molecule has 0 saturated carbocycles. The second kappa shape index (κ2) is 7.19. The molecule has 122 valence electrons. The average molecular weight is 334 g/mol. The van der Waals surface area contributed by atoms with E-state index in [-0.39, 0.29) is 30.3 Å². The molecule has 2 heterocycles. The van der Waals surface area contributed by atoms with E-state index >= 15 is 0 Å². The molecule has 1 aliphatic rings. The first-order valence-corrected chi connectivity index (χ1v) is 8.61. The number of nitrogens with one attached hydrogen (secondary N) is 1. The monoisotopic (exact) mass is 334 g/mol. The van der Waals surface area contributed by atoms with Crippen LogP contribution in [-0.2, 0) is 16.0 Å². The first kappa shape index (κ1) is 16.1. The summed E-state index contributed by atoms with van der Waals surface area (Å²) in [5, 5.41) is 5.64. The average Bonchev–Trinajstić information content (AvgIpc) is 3.19. The highest BCUT2D eigenvalue weighted by atomic mass is 32.1. The minimum Gasteiger partial charge on any atom is -0.376 e. The molecule has 1 aromatic heterocycles. The van der Waals surface area contributed by atoms with Gasteiger partial charge in [0.1, 0.15) is 10.8 Å². The van der Waals surface area contributed by atoms with Crippen molar-refractivity contribution in [2.75, 3.05) is 6.61 Å². The number of benzene rings is 1. The summed E-state index contributed by atoms with van der Waals surface area (Å²) in [5.41, 5.74) is 1.59. The maximum atomic E-state index is 12.9.